The Labute approximate surface area is 73.7 Å². The third-order valence-electron chi connectivity index (χ3n) is 1.21. The minimum absolute atomic E-state index is 0.0323. The molecule has 1 heterocycles. The van der Waals surface area contributed by atoms with E-state index in [1.165, 1.54) is 18.0 Å². The lowest BCUT2D eigenvalue weighted by Gasteiger charge is -1.97. The fourth-order valence-electron chi connectivity index (χ4n) is 0.605. The lowest BCUT2D eigenvalue weighted by Crippen LogP contribution is -2.15. The highest BCUT2D eigenvalue weighted by molar-refractivity contribution is 7.98. The van der Waals surface area contributed by atoms with Crippen LogP contribution in [0.5, 0.6) is 0 Å². The van der Waals surface area contributed by atoms with E-state index in [1.54, 1.807) is 6.20 Å². The number of oxime groups is 1. The van der Waals surface area contributed by atoms with E-state index < -0.39 is 0 Å². The molecule has 0 atom stereocenters. The molecular weight excluding hydrogens is 176 g/mol. The Hall–Kier alpha value is -1.30. The summed E-state index contributed by atoms with van der Waals surface area (Å²) in [4.78, 5) is 7.92. The summed E-state index contributed by atoms with van der Waals surface area (Å²) in [5.41, 5.74) is 5.65. The highest BCUT2D eigenvalue weighted by Crippen LogP contribution is 2.08. The molecule has 1 rings (SSSR count). The molecule has 0 bridgehead atoms. The van der Waals surface area contributed by atoms with Crippen LogP contribution in [0.15, 0.2) is 22.6 Å². The molecule has 12 heavy (non-hydrogen) atoms. The molecule has 1 aromatic heterocycles. The summed E-state index contributed by atoms with van der Waals surface area (Å²) in [5, 5.41) is 11.9. The van der Waals surface area contributed by atoms with Crippen LogP contribution in [0.3, 0.4) is 0 Å². The second-order valence-electron chi connectivity index (χ2n) is 1.93. The summed E-state index contributed by atoms with van der Waals surface area (Å²) in [6.45, 7) is 0. The van der Waals surface area contributed by atoms with Crippen molar-refractivity contribution in [1.29, 1.82) is 0 Å². The second kappa shape index (κ2) is 3.91. The maximum atomic E-state index is 8.30. The highest BCUT2D eigenvalue weighted by Gasteiger charge is 2.00. The predicted molar refractivity (Wildman–Crippen MR) is 46.3 cm³/mol. The third kappa shape index (κ3) is 1.85. The van der Waals surface area contributed by atoms with Gasteiger partial charge in [-0.15, -0.1) is 11.8 Å². The van der Waals surface area contributed by atoms with Crippen LogP contribution >= 0.6 is 11.8 Å². The van der Waals surface area contributed by atoms with Crippen molar-refractivity contribution in [3.05, 3.63) is 18.1 Å². The lowest BCUT2D eigenvalue weighted by atomic mass is 10.4. The van der Waals surface area contributed by atoms with E-state index in [2.05, 4.69) is 15.1 Å². The first kappa shape index (κ1) is 8.79. The number of rotatable bonds is 2. The number of nitrogens with zero attached hydrogens (tertiary/aromatic N) is 3. The van der Waals surface area contributed by atoms with Crippen LogP contribution in [0.1, 0.15) is 5.69 Å². The van der Waals surface area contributed by atoms with E-state index in [-0.39, 0.29) is 5.84 Å². The monoisotopic (exact) mass is 184 g/mol. The minimum atomic E-state index is -0.0323. The van der Waals surface area contributed by atoms with Gasteiger partial charge in [-0.1, -0.05) is 5.16 Å². The van der Waals surface area contributed by atoms with Gasteiger partial charge in [0.25, 0.3) is 0 Å². The Morgan fingerprint density at radius 2 is 2.33 bits per heavy atom. The van der Waals surface area contributed by atoms with Gasteiger partial charge < -0.3 is 10.9 Å². The van der Waals surface area contributed by atoms with Crippen molar-refractivity contribution in [2.24, 2.45) is 10.9 Å². The zero-order valence-electron chi connectivity index (χ0n) is 6.43. The highest BCUT2D eigenvalue weighted by atomic mass is 32.2. The zero-order chi connectivity index (χ0) is 8.97. The first-order valence-corrected chi connectivity index (χ1v) is 4.34. The van der Waals surface area contributed by atoms with Gasteiger partial charge in [-0.2, -0.15) is 0 Å². The molecule has 0 spiro atoms. The molecule has 64 valence electrons. The van der Waals surface area contributed by atoms with Crippen LogP contribution in [0.4, 0.5) is 0 Å². The molecule has 5 nitrogen and oxygen atoms in total. The van der Waals surface area contributed by atoms with Crippen LogP contribution in [0, 0.1) is 0 Å². The molecule has 0 aliphatic carbocycles. The molecule has 0 saturated heterocycles. The third-order valence-corrected chi connectivity index (χ3v) is 1.84. The van der Waals surface area contributed by atoms with Crippen LogP contribution in [-0.4, -0.2) is 27.3 Å². The fraction of sp³-hybridized carbons (Fsp3) is 0.167. The van der Waals surface area contributed by atoms with Crippen molar-refractivity contribution >= 4 is 17.6 Å². The minimum Gasteiger partial charge on any atom is -0.409 e. The van der Waals surface area contributed by atoms with E-state index in [0.29, 0.717) is 5.69 Å². The number of amidine groups is 1. The molecule has 3 N–H and O–H groups in total. The average Bonchev–Trinajstić information content (AvgIpc) is 2.17. The first-order chi connectivity index (χ1) is 5.77. The average molecular weight is 184 g/mol. The van der Waals surface area contributed by atoms with Crippen LogP contribution in [0.2, 0.25) is 0 Å². The van der Waals surface area contributed by atoms with Crippen LogP contribution < -0.4 is 5.73 Å². The quantitative estimate of drug-likeness (QED) is 0.227. The number of hydrogen-bond donors (Lipinski definition) is 2. The SMILES string of the molecule is CSc1cnc(/C(N)=N/O)cn1. The number of hydrogen-bond acceptors (Lipinski definition) is 5. The molecule has 0 saturated carbocycles. The van der Waals surface area contributed by atoms with Gasteiger partial charge in [0, 0.05) is 0 Å². The molecule has 0 amide bonds. The van der Waals surface area contributed by atoms with Crippen molar-refractivity contribution < 1.29 is 5.21 Å². The van der Waals surface area contributed by atoms with Gasteiger partial charge in [0.05, 0.1) is 12.4 Å². The van der Waals surface area contributed by atoms with Gasteiger partial charge in [0.15, 0.2) is 5.84 Å². The molecule has 6 heteroatoms. The van der Waals surface area contributed by atoms with Crippen molar-refractivity contribution in [1.82, 2.24) is 9.97 Å². The molecule has 0 aromatic carbocycles. The van der Waals surface area contributed by atoms with Gasteiger partial charge >= 0.3 is 0 Å². The van der Waals surface area contributed by atoms with Gasteiger partial charge in [-0.3, -0.25) is 0 Å². The van der Waals surface area contributed by atoms with Crippen molar-refractivity contribution in [2.45, 2.75) is 5.03 Å². The summed E-state index contributed by atoms with van der Waals surface area (Å²) in [6, 6.07) is 0. The van der Waals surface area contributed by atoms with Gasteiger partial charge in [-0.05, 0) is 6.26 Å². The molecule has 0 fully saturated rings. The zero-order valence-corrected chi connectivity index (χ0v) is 7.25. The largest absolute Gasteiger partial charge is 0.409 e. The standard InChI is InChI=1S/C6H8N4OS/c1-12-5-3-8-4(2-9-5)6(7)10-11/h2-3,11H,1H3,(H2,7,10). The predicted octanol–water partition coefficient (Wildman–Crippen LogP) is 0.293. The van der Waals surface area contributed by atoms with E-state index in [1.807, 2.05) is 6.26 Å². The van der Waals surface area contributed by atoms with Gasteiger partial charge in [0.2, 0.25) is 0 Å². The van der Waals surface area contributed by atoms with E-state index in [0.717, 1.165) is 5.03 Å². The van der Waals surface area contributed by atoms with E-state index in [4.69, 9.17) is 10.9 Å². The molecule has 0 aliphatic rings. The number of aromatic nitrogens is 2. The lowest BCUT2D eigenvalue weighted by molar-refractivity contribution is 0.318. The number of nitrogens with two attached hydrogens (primary N) is 1. The van der Waals surface area contributed by atoms with Crippen molar-refractivity contribution in [3.63, 3.8) is 0 Å². The fourth-order valence-corrected chi connectivity index (χ4v) is 0.921. The van der Waals surface area contributed by atoms with Crippen molar-refractivity contribution in [2.75, 3.05) is 6.26 Å². The van der Waals surface area contributed by atoms with Crippen molar-refractivity contribution in [3.8, 4) is 0 Å². The van der Waals surface area contributed by atoms with Crippen LogP contribution in [-0.2, 0) is 0 Å². The molecule has 0 radical (unpaired) electrons. The normalized spacial score (nSPS) is 11.6. The maximum absolute atomic E-state index is 8.30. The van der Waals surface area contributed by atoms with Crippen LogP contribution in [0.25, 0.3) is 0 Å². The maximum Gasteiger partial charge on any atom is 0.190 e. The summed E-state index contributed by atoms with van der Waals surface area (Å²) in [7, 11) is 0. The molecular formula is C6H8N4OS. The smallest absolute Gasteiger partial charge is 0.190 e. The summed E-state index contributed by atoms with van der Waals surface area (Å²) < 4.78 is 0. The second-order valence-corrected chi connectivity index (χ2v) is 2.76. The Morgan fingerprint density at radius 1 is 1.58 bits per heavy atom. The van der Waals surface area contributed by atoms with E-state index >= 15 is 0 Å². The Morgan fingerprint density at radius 3 is 2.75 bits per heavy atom. The topological polar surface area (TPSA) is 84.4 Å². The Bertz CT molecular complexity index is 284. The van der Waals surface area contributed by atoms with E-state index in [9.17, 15) is 0 Å². The summed E-state index contributed by atoms with van der Waals surface area (Å²) in [5.74, 6) is -0.0323. The van der Waals surface area contributed by atoms with Gasteiger partial charge in [0.1, 0.15) is 10.7 Å². The number of thioether (sulfide) groups is 1. The summed E-state index contributed by atoms with van der Waals surface area (Å²) in [6.07, 6.45) is 4.92. The Kier molecular flexibility index (Phi) is 2.87. The first-order valence-electron chi connectivity index (χ1n) is 3.12. The Balaban J connectivity index is 2.92. The molecule has 0 aliphatic heterocycles. The molecule has 0 unspecified atom stereocenters. The van der Waals surface area contributed by atoms with Gasteiger partial charge in [-0.25, -0.2) is 9.97 Å². The molecule has 1 aromatic rings. The summed E-state index contributed by atoms with van der Waals surface area (Å²) >= 11 is 1.48.